The zero-order chi connectivity index (χ0) is 7.98. The Hall–Kier alpha value is -0.770. The molecule has 0 aromatic carbocycles. The highest BCUT2D eigenvalue weighted by atomic mass is 16.7. The van der Waals surface area contributed by atoms with Crippen molar-refractivity contribution in [1.29, 1.82) is 0 Å². The first-order valence-corrected chi connectivity index (χ1v) is 3.13. The maximum Gasteiger partial charge on any atom is 0.508 e. The number of rotatable bonds is 4. The summed E-state index contributed by atoms with van der Waals surface area (Å²) in [5, 5.41) is 8.14. The molecule has 1 unspecified atom stereocenters. The maximum absolute atomic E-state index is 9.94. The summed E-state index contributed by atoms with van der Waals surface area (Å²) < 4.78 is 9.03. The fraction of sp³-hybridized carbons (Fsp3) is 0.833. The van der Waals surface area contributed by atoms with Crippen LogP contribution in [0.25, 0.3) is 0 Å². The van der Waals surface area contributed by atoms with Crippen molar-refractivity contribution in [2.75, 3.05) is 7.11 Å². The van der Waals surface area contributed by atoms with Crippen molar-refractivity contribution in [2.45, 2.75) is 26.1 Å². The van der Waals surface area contributed by atoms with Crippen molar-refractivity contribution < 1.29 is 19.4 Å². The van der Waals surface area contributed by atoms with Gasteiger partial charge in [-0.1, -0.05) is 13.3 Å². The van der Waals surface area contributed by atoms with Crippen LogP contribution in [0.1, 0.15) is 19.8 Å². The van der Waals surface area contributed by atoms with Crippen molar-refractivity contribution in [3.8, 4) is 0 Å². The smallest absolute Gasteiger partial charge is 0.450 e. The lowest BCUT2D eigenvalue weighted by atomic mass is 10.3. The van der Waals surface area contributed by atoms with E-state index in [4.69, 9.17) is 9.84 Å². The summed E-state index contributed by atoms with van der Waals surface area (Å²) in [6, 6.07) is 0. The van der Waals surface area contributed by atoms with Crippen LogP contribution in [-0.2, 0) is 9.47 Å². The van der Waals surface area contributed by atoms with E-state index < -0.39 is 12.4 Å². The minimum Gasteiger partial charge on any atom is -0.450 e. The van der Waals surface area contributed by atoms with Gasteiger partial charge in [-0.15, -0.1) is 0 Å². The summed E-state index contributed by atoms with van der Waals surface area (Å²) in [4.78, 5) is 9.94. The first-order chi connectivity index (χ1) is 4.70. The lowest BCUT2D eigenvalue weighted by Crippen LogP contribution is -2.18. The van der Waals surface area contributed by atoms with Gasteiger partial charge in [0.25, 0.3) is 0 Å². The molecule has 60 valence electrons. The Morgan fingerprint density at radius 2 is 2.30 bits per heavy atom. The number of hydrogen-bond donors (Lipinski definition) is 1. The molecule has 0 amide bonds. The summed E-state index contributed by atoms with van der Waals surface area (Å²) >= 11 is 0. The molecule has 0 rings (SSSR count). The van der Waals surface area contributed by atoms with Crippen molar-refractivity contribution in [3.05, 3.63) is 0 Å². The molecule has 4 nitrogen and oxygen atoms in total. The molecule has 4 heteroatoms. The first kappa shape index (κ1) is 9.23. The van der Waals surface area contributed by atoms with Gasteiger partial charge >= 0.3 is 6.16 Å². The molecule has 0 aliphatic carbocycles. The van der Waals surface area contributed by atoms with E-state index in [0.717, 1.165) is 6.42 Å². The molecule has 0 saturated carbocycles. The van der Waals surface area contributed by atoms with E-state index in [1.807, 2.05) is 6.92 Å². The third kappa shape index (κ3) is 4.14. The summed E-state index contributed by atoms with van der Waals surface area (Å²) in [5.41, 5.74) is 0. The Bertz CT molecular complexity index is 102. The number of carboxylic acid groups (broad SMARTS) is 1. The van der Waals surface area contributed by atoms with Gasteiger partial charge in [-0.2, -0.15) is 0 Å². The molecule has 0 aromatic rings. The van der Waals surface area contributed by atoms with E-state index in [0.29, 0.717) is 6.42 Å². The Labute approximate surface area is 59.7 Å². The zero-order valence-corrected chi connectivity index (χ0v) is 6.16. The average Bonchev–Trinajstić information content (AvgIpc) is 1.86. The van der Waals surface area contributed by atoms with E-state index in [2.05, 4.69) is 4.74 Å². The van der Waals surface area contributed by atoms with Crippen LogP contribution in [-0.4, -0.2) is 24.7 Å². The number of carbonyl (C=O) groups is 1. The zero-order valence-electron chi connectivity index (χ0n) is 6.16. The monoisotopic (exact) mass is 148 g/mol. The lowest BCUT2D eigenvalue weighted by Gasteiger charge is -2.11. The molecule has 0 aliphatic rings. The largest absolute Gasteiger partial charge is 0.508 e. The van der Waals surface area contributed by atoms with E-state index in [9.17, 15) is 4.79 Å². The van der Waals surface area contributed by atoms with Gasteiger partial charge in [-0.3, -0.25) is 0 Å². The summed E-state index contributed by atoms with van der Waals surface area (Å²) in [7, 11) is 1.42. The Morgan fingerprint density at radius 3 is 2.60 bits per heavy atom. The van der Waals surface area contributed by atoms with Crippen LogP contribution in [0.4, 0.5) is 4.79 Å². The average molecular weight is 148 g/mol. The van der Waals surface area contributed by atoms with Crippen molar-refractivity contribution >= 4 is 6.16 Å². The normalized spacial score (nSPS) is 12.6. The third-order valence-electron chi connectivity index (χ3n) is 1.02. The maximum atomic E-state index is 9.94. The predicted octanol–water partition coefficient (Wildman–Crippen LogP) is 1.45. The number of ether oxygens (including phenoxy) is 2. The van der Waals surface area contributed by atoms with Crippen LogP contribution in [0.2, 0.25) is 0 Å². The molecule has 0 aliphatic heterocycles. The van der Waals surface area contributed by atoms with Crippen LogP contribution < -0.4 is 0 Å². The molecule has 0 radical (unpaired) electrons. The molecule has 0 spiro atoms. The van der Waals surface area contributed by atoms with Crippen LogP contribution in [0.5, 0.6) is 0 Å². The highest BCUT2D eigenvalue weighted by Crippen LogP contribution is 2.01. The molecule has 0 heterocycles. The van der Waals surface area contributed by atoms with Gasteiger partial charge in [0, 0.05) is 13.5 Å². The predicted molar refractivity (Wildman–Crippen MR) is 34.8 cm³/mol. The minimum absolute atomic E-state index is 0.600. The number of hydrogen-bond acceptors (Lipinski definition) is 3. The van der Waals surface area contributed by atoms with Crippen LogP contribution in [0.3, 0.4) is 0 Å². The van der Waals surface area contributed by atoms with Gasteiger partial charge in [-0.05, 0) is 0 Å². The molecule has 0 aromatic heterocycles. The molecule has 0 saturated heterocycles. The van der Waals surface area contributed by atoms with Gasteiger partial charge < -0.3 is 14.6 Å². The molecular weight excluding hydrogens is 136 g/mol. The molecule has 1 N–H and O–H groups in total. The SMILES string of the molecule is CCCC(OC)OC(=O)O. The first-order valence-electron chi connectivity index (χ1n) is 3.13. The second-order valence-corrected chi connectivity index (χ2v) is 1.84. The van der Waals surface area contributed by atoms with E-state index in [-0.39, 0.29) is 0 Å². The minimum atomic E-state index is -1.29. The molecular formula is C6H12O4. The third-order valence-corrected chi connectivity index (χ3v) is 1.02. The van der Waals surface area contributed by atoms with Crippen LogP contribution >= 0.6 is 0 Å². The van der Waals surface area contributed by atoms with E-state index in [1.54, 1.807) is 0 Å². The fourth-order valence-electron chi connectivity index (χ4n) is 0.573. The Kier molecular flexibility index (Phi) is 4.66. The molecule has 10 heavy (non-hydrogen) atoms. The standard InChI is InChI=1S/C6H12O4/c1-3-4-5(9-2)10-6(7)8/h5H,3-4H2,1-2H3,(H,7,8). The van der Waals surface area contributed by atoms with Crippen molar-refractivity contribution in [3.63, 3.8) is 0 Å². The van der Waals surface area contributed by atoms with Crippen LogP contribution in [0, 0.1) is 0 Å². The van der Waals surface area contributed by atoms with E-state index in [1.165, 1.54) is 7.11 Å². The Morgan fingerprint density at radius 1 is 1.70 bits per heavy atom. The highest BCUT2D eigenvalue weighted by molar-refractivity contribution is 5.56. The second-order valence-electron chi connectivity index (χ2n) is 1.84. The fourth-order valence-corrected chi connectivity index (χ4v) is 0.573. The number of methoxy groups -OCH3 is 1. The van der Waals surface area contributed by atoms with Crippen LogP contribution in [0.15, 0.2) is 0 Å². The molecule has 0 fully saturated rings. The van der Waals surface area contributed by atoms with Crippen molar-refractivity contribution in [2.24, 2.45) is 0 Å². The summed E-state index contributed by atoms with van der Waals surface area (Å²) in [5.74, 6) is 0. The van der Waals surface area contributed by atoms with Gasteiger partial charge in [0.2, 0.25) is 6.29 Å². The Balaban J connectivity index is 3.49. The van der Waals surface area contributed by atoms with Gasteiger partial charge in [0.1, 0.15) is 0 Å². The lowest BCUT2D eigenvalue weighted by molar-refractivity contribution is -0.0997. The second kappa shape index (κ2) is 5.05. The molecule has 1 atom stereocenters. The van der Waals surface area contributed by atoms with Gasteiger partial charge in [-0.25, -0.2) is 4.79 Å². The quantitative estimate of drug-likeness (QED) is 0.484. The van der Waals surface area contributed by atoms with Gasteiger partial charge in [0.05, 0.1) is 0 Å². The summed E-state index contributed by atoms with van der Waals surface area (Å²) in [6.45, 7) is 1.93. The van der Waals surface area contributed by atoms with E-state index >= 15 is 0 Å². The van der Waals surface area contributed by atoms with Gasteiger partial charge in [0.15, 0.2) is 0 Å². The summed E-state index contributed by atoms with van der Waals surface area (Å²) in [6.07, 6.45) is -0.461. The highest BCUT2D eigenvalue weighted by Gasteiger charge is 2.09. The van der Waals surface area contributed by atoms with Crippen molar-refractivity contribution in [1.82, 2.24) is 0 Å². The topological polar surface area (TPSA) is 55.8 Å². The molecule has 0 bridgehead atoms.